The molecule has 1 amide bonds. The standard InChI is InChI=1S/C11H11F2NO3/c1-6(15)14-11(2,10(16)17)7-3-4-8(12)9(13)5-7/h3-5H,1-2H3,(H,14,15)(H,16,17). The number of aliphatic carboxylic acids is 1. The summed E-state index contributed by atoms with van der Waals surface area (Å²) in [4.78, 5) is 22.1. The van der Waals surface area contributed by atoms with Crippen LogP contribution in [-0.2, 0) is 15.1 Å². The molecule has 0 aliphatic heterocycles. The zero-order valence-electron chi connectivity index (χ0n) is 9.25. The third kappa shape index (κ3) is 2.58. The number of nitrogens with one attached hydrogen (secondary N) is 1. The molecule has 1 atom stereocenters. The fourth-order valence-corrected chi connectivity index (χ4v) is 1.41. The summed E-state index contributed by atoms with van der Waals surface area (Å²) >= 11 is 0. The van der Waals surface area contributed by atoms with Gasteiger partial charge in [0.15, 0.2) is 17.2 Å². The maximum Gasteiger partial charge on any atom is 0.333 e. The van der Waals surface area contributed by atoms with Crippen LogP contribution in [-0.4, -0.2) is 17.0 Å². The minimum Gasteiger partial charge on any atom is -0.479 e. The lowest BCUT2D eigenvalue weighted by atomic mass is 9.92. The topological polar surface area (TPSA) is 66.4 Å². The Bertz CT molecular complexity index is 476. The van der Waals surface area contributed by atoms with Gasteiger partial charge in [0.25, 0.3) is 0 Å². The van der Waals surface area contributed by atoms with Crippen LogP contribution in [0.25, 0.3) is 0 Å². The number of carbonyl (C=O) groups excluding carboxylic acids is 1. The van der Waals surface area contributed by atoms with Crippen molar-refractivity contribution >= 4 is 11.9 Å². The average Bonchev–Trinajstić information content (AvgIpc) is 2.20. The van der Waals surface area contributed by atoms with Crippen molar-refractivity contribution in [3.8, 4) is 0 Å². The molecular weight excluding hydrogens is 232 g/mol. The summed E-state index contributed by atoms with van der Waals surface area (Å²) in [6.45, 7) is 2.34. The van der Waals surface area contributed by atoms with Crippen molar-refractivity contribution in [3.05, 3.63) is 35.4 Å². The van der Waals surface area contributed by atoms with E-state index in [9.17, 15) is 18.4 Å². The predicted molar refractivity (Wildman–Crippen MR) is 55.2 cm³/mol. The van der Waals surface area contributed by atoms with Gasteiger partial charge in [0, 0.05) is 6.92 Å². The van der Waals surface area contributed by atoms with Gasteiger partial charge in [0.05, 0.1) is 0 Å². The predicted octanol–water partition coefficient (Wildman–Crippen LogP) is 1.40. The molecule has 0 aromatic heterocycles. The van der Waals surface area contributed by atoms with Crippen molar-refractivity contribution < 1.29 is 23.5 Å². The maximum absolute atomic E-state index is 13.0. The molecule has 1 rings (SSSR count). The maximum atomic E-state index is 13.0. The molecule has 6 heteroatoms. The third-order valence-electron chi connectivity index (χ3n) is 2.35. The summed E-state index contributed by atoms with van der Waals surface area (Å²) in [5, 5.41) is 11.3. The van der Waals surface area contributed by atoms with Crippen LogP contribution in [0.4, 0.5) is 8.78 Å². The molecule has 0 heterocycles. The first-order chi connectivity index (χ1) is 7.77. The molecule has 0 saturated carbocycles. The van der Waals surface area contributed by atoms with E-state index in [1.165, 1.54) is 6.92 Å². The van der Waals surface area contributed by atoms with E-state index >= 15 is 0 Å². The second kappa shape index (κ2) is 4.48. The van der Waals surface area contributed by atoms with E-state index in [1.807, 2.05) is 0 Å². The van der Waals surface area contributed by atoms with E-state index in [1.54, 1.807) is 0 Å². The monoisotopic (exact) mass is 243 g/mol. The van der Waals surface area contributed by atoms with Gasteiger partial charge in [-0.25, -0.2) is 13.6 Å². The molecule has 17 heavy (non-hydrogen) atoms. The smallest absolute Gasteiger partial charge is 0.333 e. The minimum atomic E-state index is -1.79. The van der Waals surface area contributed by atoms with Crippen molar-refractivity contribution in [1.29, 1.82) is 0 Å². The average molecular weight is 243 g/mol. The van der Waals surface area contributed by atoms with Crippen LogP contribution >= 0.6 is 0 Å². The first kappa shape index (κ1) is 13.1. The Hall–Kier alpha value is -1.98. The lowest BCUT2D eigenvalue weighted by Crippen LogP contribution is -2.48. The Morgan fingerprint density at radius 1 is 1.29 bits per heavy atom. The van der Waals surface area contributed by atoms with Crippen molar-refractivity contribution in [3.63, 3.8) is 0 Å². The van der Waals surface area contributed by atoms with Crippen LogP contribution in [0.15, 0.2) is 18.2 Å². The van der Waals surface area contributed by atoms with Crippen LogP contribution in [0.1, 0.15) is 19.4 Å². The summed E-state index contributed by atoms with van der Waals surface area (Å²) in [6, 6.07) is 2.68. The SMILES string of the molecule is CC(=O)NC(C)(C(=O)O)c1ccc(F)c(F)c1. The molecule has 0 saturated heterocycles. The number of rotatable bonds is 3. The first-order valence-electron chi connectivity index (χ1n) is 4.75. The number of benzene rings is 1. The Morgan fingerprint density at radius 2 is 1.88 bits per heavy atom. The molecule has 0 spiro atoms. The summed E-state index contributed by atoms with van der Waals surface area (Å²) in [5.74, 6) is -4.19. The van der Waals surface area contributed by atoms with Gasteiger partial charge in [-0.05, 0) is 24.6 Å². The highest BCUT2D eigenvalue weighted by Gasteiger charge is 2.36. The van der Waals surface area contributed by atoms with Crippen molar-refractivity contribution in [2.45, 2.75) is 19.4 Å². The van der Waals surface area contributed by atoms with Gasteiger partial charge < -0.3 is 10.4 Å². The van der Waals surface area contributed by atoms with Crippen LogP contribution in [0.2, 0.25) is 0 Å². The van der Waals surface area contributed by atoms with Crippen LogP contribution < -0.4 is 5.32 Å². The Balaban J connectivity index is 3.27. The van der Waals surface area contributed by atoms with E-state index in [0.717, 1.165) is 25.1 Å². The number of hydrogen-bond donors (Lipinski definition) is 2. The molecule has 0 bridgehead atoms. The fourth-order valence-electron chi connectivity index (χ4n) is 1.41. The molecule has 92 valence electrons. The Labute approximate surface area is 96.3 Å². The number of carbonyl (C=O) groups is 2. The number of carboxylic acid groups (broad SMARTS) is 1. The summed E-state index contributed by atoms with van der Waals surface area (Å²) in [6.07, 6.45) is 0. The third-order valence-corrected chi connectivity index (χ3v) is 2.35. The van der Waals surface area contributed by atoms with Crippen LogP contribution in [0.5, 0.6) is 0 Å². The van der Waals surface area contributed by atoms with Gasteiger partial charge in [-0.1, -0.05) is 6.07 Å². The van der Waals surface area contributed by atoms with Gasteiger partial charge in [-0.3, -0.25) is 4.79 Å². The van der Waals surface area contributed by atoms with Crippen molar-refractivity contribution in [1.82, 2.24) is 5.32 Å². The molecule has 0 radical (unpaired) electrons. The van der Waals surface area contributed by atoms with Gasteiger partial charge in [-0.2, -0.15) is 0 Å². The van der Waals surface area contributed by atoms with E-state index in [2.05, 4.69) is 5.32 Å². The van der Waals surface area contributed by atoms with E-state index in [-0.39, 0.29) is 5.56 Å². The highest BCUT2D eigenvalue weighted by atomic mass is 19.2. The lowest BCUT2D eigenvalue weighted by Gasteiger charge is -2.26. The molecule has 0 aliphatic rings. The van der Waals surface area contributed by atoms with Crippen LogP contribution in [0, 0.1) is 11.6 Å². The quantitative estimate of drug-likeness (QED) is 0.843. The molecule has 4 nitrogen and oxygen atoms in total. The lowest BCUT2D eigenvalue weighted by molar-refractivity contribution is -0.147. The minimum absolute atomic E-state index is 0.0425. The Kier molecular flexibility index (Phi) is 3.45. The molecule has 0 fully saturated rings. The van der Waals surface area contributed by atoms with Gasteiger partial charge in [-0.15, -0.1) is 0 Å². The summed E-state index contributed by atoms with van der Waals surface area (Å²) < 4.78 is 25.8. The fraction of sp³-hybridized carbons (Fsp3) is 0.273. The first-order valence-corrected chi connectivity index (χ1v) is 4.75. The van der Waals surface area contributed by atoms with E-state index < -0.39 is 29.0 Å². The Morgan fingerprint density at radius 3 is 2.29 bits per heavy atom. The number of carboxylic acids is 1. The van der Waals surface area contributed by atoms with E-state index in [0.29, 0.717) is 0 Å². The zero-order chi connectivity index (χ0) is 13.2. The van der Waals surface area contributed by atoms with Gasteiger partial charge >= 0.3 is 5.97 Å². The number of hydrogen-bond acceptors (Lipinski definition) is 2. The molecule has 2 N–H and O–H groups in total. The second-order valence-corrected chi connectivity index (χ2v) is 3.74. The molecule has 1 aromatic carbocycles. The molecule has 0 aliphatic carbocycles. The van der Waals surface area contributed by atoms with Crippen LogP contribution in [0.3, 0.4) is 0 Å². The summed E-state index contributed by atoms with van der Waals surface area (Å²) in [5.41, 5.74) is -1.83. The van der Waals surface area contributed by atoms with Crippen molar-refractivity contribution in [2.75, 3.05) is 0 Å². The van der Waals surface area contributed by atoms with Gasteiger partial charge in [0.2, 0.25) is 5.91 Å². The van der Waals surface area contributed by atoms with Gasteiger partial charge in [0.1, 0.15) is 0 Å². The summed E-state index contributed by atoms with van der Waals surface area (Å²) in [7, 11) is 0. The molecule has 1 unspecified atom stereocenters. The second-order valence-electron chi connectivity index (χ2n) is 3.74. The zero-order valence-corrected chi connectivity index (χ0v) is 9.25. The largest absolute Gasteiger partial charge is 0.479 e. The number of amides is 1. The highest BCUT2D eigenvalue weighted by molar-refractivity contribution is 5.86. The van der Waals surface area contributed by atoms with E-state index in [4.69, 9.17) is 5.11 Å². The molecular formula is C11H11F2NO3. The van der Waals surface area contributed by atoms with Crippen molar-refractivity contribution in [2.24, 2.45) is 0 Å². The molecule has 1 aromatic rings. The number of halogens is 2. The normalized spacial score (nSPS) is 13.9. The highest BCUT2D eigenvalue weighted by Crippen LogP contribution is 2.23.